The quantitative estimate of drug-likeness (QED) is 0.734. The van der Waals surface area contributed by atoms with Crippen LogP contribution in [0.5, 0.6) is 0 Å². The van der Waals surface area contributed by atoms with Crippen molar-refractivity contribution in [3.63, 3.8) is 0 Å². The summed E-state index contributed by atoms with van der Waals surface area (Å²) in [6.45, 7) is 2.76. The Kier molecular flexibility index (Phi) is 3.86. The first kappa shape index (κ1) is 15.0. The summed E-state index contributed by atoms with van der Waals surface area (Å²) < 4.78 is 13.3. The monoisotopic (exact) mass is 325 g/mol. The predicted octanol–water partition coefficient (Wildman–Crippen LogP) is 2.67. The maximum atomic E-state index is 5.91. The maximum absolute atomic E-state index is 5.91. The van der Waals surface area contributed by atoms with Crippen molar-refractivity contribution < 1.29 is 9.26 Å². The largest absolute Gasteiger partial charge is 0.371 e. The predicted molar refractivity (Wildman–Crippen MR) is 86.2 cm³/mol. The molecule has 1 aliphatic rings. The highest BCUT2D eigenvalue weighted by atomic mass is 16.5. The highest BCUT2D eigenvalue weighted by Gasteiger charge is 2.36. The van der Waals surface area contributed by atoms with Crippen LogP contribution in [0, 0.1) is 0 Å². The normalized spacial score (nSPS) is 20.6. The Hall–Kier alpha value is -2.54. The van der Waals surface area contributed by atoms with Gasteiger partial charge in [0.05, 0.1) is 11.6 Å². The molecule has 4 heterocycles. The molecule has 1 fully saturated rings. The van der Waals surface area contributed by atoms with Gasteiger partial charge in [-0.15, -0.1) is 0 Å². The van der Waals surface area contributed by atoms with Gasteiger partial charge in [-0.05, 0) is 30.5 Å². The summed E-state index contributed by atoms with van der Waals surface area (Å²) in [7, 11) is 1.91. The third-order valence-corrected chi connectivity index (χ3v) is 4.53. The molecule has 0 aromatic carbocycles. The van der Waals surface area contributed by atoms with Gasteiger partial charge in [-0.25, -0.2) is 0 Å². The zero-order valence-corrected chi connectivity index (χ0v) is 13.7. The zero-order chi connectivity index (χ0) is 16.5. The van der Waals surface area contributed by atoms with E-state index in [1.54, 1.807) is 12.4 Å². The van der Waals surface area contributed by atoms with Gasteiger partial charge in [0, 0.05) is 37.8 Å². The van der Waals surface area contributed by atoms with E-state index in [1.165, 1.54) is 0 Å². The van der Waals surface area contributed by atoms with E-state index in [0.717, 1.165) is 29.7 Å². The third kappa shape index (κ3) is 2.50. The second-order valence-electron chi connectivity index (χ2n) is 5.91. The second kappa shape index (κ2) is 6.16. The van der Waals surface area contributed by atoms with Gasteiger partial charge in [0.2, 0.25) is 11.7 Å². The molecule has 2 atom stereocenters. The van der Waals surface area contributed by atoms with Crippen molar-refractivity contribution >= 4 is 0 Å². The minimum atomic E-state index is -0.103. The van der Waals surface area contributed by atoms with E-state index >= 15 is 0 Å². The van der Waals surface area contributed by atoms with Crippen molar-refractivity contribution in [1.29, 1.82) is 0 Å². The fraction of sp³-hybridized carbons (Fsp3) is 0.412. The molecule has 3 aromatic rings. The first-order valence-corrected chi connectivity index (χ1v) is 8.14. The van der Waals surface area contributed by atoms with Crippen molar-refractivity contribution in [3.8, 4) is 11.4 Å². The average molecular weight is 325 g/mol. The van der Waals surface area contributed by atoms with Gasteiger partial charge in [-0.2, -0.15) is 10.1 Å². The summed E-state index contributed by atoms with van der Waals surface area (Å²) in [6, 6.07) is 3.90. The van der Waals surface area contributed by atoms with Crippen LogP contribution in [0.3, 0.4) is 0 Å². The highest BCUT2D eigenvalue weighted by Crippen LogP contribution is 2.41. The van der Waals surface area contributed by atoms with Crippen LogP contribution >= 0.6 is 0 Å². The molecule has 1 saturated heterocycles. The number of aromatic nitrogens is 5. The van der Waals surface area contributed by atoms with Crippen molar-refractivity contribution in [2.45, 2.75) is 31.8 Å². The van der Waals surface area contributed by atoms with E-state index < -0.39 is 0 Å². The molecule has 7 nitrogen and oxygen atoms in total. The van der Waals surface area contributed by atoms with Crippen LogP contribution in [0.1, 0.15) is 42.5 Å². The molecular formula is C17H19N5O2. The number of rotatable bonds is 4. The molecule has 7 heteroatoms. The lowest BCUT2D eigenvalue weighted by molar-refractivity contribution is 0.0921. The molecule has 124 valence electrons. The topological polar surface area (TPSA) is 78.9 Å². The molecule has 0 N–H and O–H groups in total. The molecule has 0 amide bonds. The van der Waals surface area contributed by atoms with Crippen LogP contribution in [-0.4, -0.2) is 31.5 Å². The Morgan fingerprint density at radius 3 is 3.00 bits per heavy atom. The molecular weight excluding hydrogens is 306 g/mol. The Morgan fingerprint density at radius 2 is 2.21 bits per heavy atom. The van der Waals surface area contributed by atoms with E-state index in [2.05, 4.69) is 27.1 Å². The smallest absolute Gasteiger partial charge is 0.233 e. The van der Waals surface area contributed by atoms with Gasteiger partial charge < -0.3 is 9.26 Å². The van der Waals surface area contributed by atoms with Crippen molar-refractivity contribution in [2.24, 2.45) is 7.05 Å². The second-order valence-corrected chi connectivity index (χ2v) is 5.91. The van der Waals surface area contributed by atoms with Crippen LogP contribution < -0.4 is 0 Å². The molecule has 0 aliphatic carbocycles. The lowest BCUT2D eigenvalue weighted by Crippen LogP contribution is -2.11. The standard InChI is InChI=1S/C17H19N5O2/c1-3-11-10-18-7-4-12(11)16-20-17(24-21-16)13-6-9-23-15(13)14-5-8-19-22(14)2/h4-5,7-8,10,13,15H,3,6,9H2,1-2H3/t13-,15-/m1/s1. The van der Waals surface area contributed by atoms with Crippen molar-refractivity contribution in [3.05, 3.63) is 47.9 Å². The molecule has 1 aliphatic heterocycles. The summed E-state index contributed by atoms with van der Waals surface area (Å²) in [4.78, 5) is 8.81. The molecule has 3 aromatic heterocycles. The van der Waals surface area contributed by atoms with E-state index in [9.17, 15) is 0 Å². The number of nitrogens with zero attached hydrogens (tertiary/aromatic N) is 5. The Morgan fingerprint density at radius 1 is 1.29 bits per heavy atom. The number of pyridine rings is 1. The van der Waals surface area contributed by atoms with Crippen LogP contribution in [0.4, 0.5) is 0 Å². The number of hydrogen-bond donors (Lipinski definition) is 0. The van der Waals surface area contributed by atoms with Gasteiger partial charge in [0.25, 0.3) is 0 Å². The summed E-state index contributed by atoms with van der Waals surface area (Å²) >= 11 is 0. The van der Waals surface area contributed by atoms with Crippen molar-refractivity contribution in [2.75, 3.05) is 6.61 Å². The molecule has 0 bridgehead atoms. The van der Waals surface area contributed by atoms with Gasteiger partial charge >= 0.3 is 0 Å². The SMILES string of the molecule is CCc1cnccc1-c1noc([C@@H]2CCO[C@H]2c2ccnn2C)n1. The summed E-state index contributed by atoms with van der Waals surface area (Å²) in [5.74, 6) is 1.28. The van der Waals surface area contributed by atoms with Gasteiger partial charge in [0.1, 0.15) is 6.10 Å². The van der Waals surface area contributed by atoms with E-state index in [1.807, 2.05) is 30.1 Å². The van der Waals surface area contributed by atoms with E-state index in [0.29, 0.717) is 18.3 Å². The van der Waals surface area contributed by atoms with Crippen LogP contribution in [0.25, 0.3) is 11.4 Å². The van der Waals surface area contributed by atoms with E-state index in [4.69, 9.17) is 9.26 Å². The maximum Gasteiger partial charge on any atom is 0.233 e. The van der Waals surface area contributed by atoms with Crippen LogP contribution in [-0.2, 0) is 18.2 Å². The first-order chi connectivity index (χ1) is 11.8. The summed E-state index contributed by atoms with van der Waals surface area (Å²) in [5, 5.41) is 8.41. The molecule has 4 rings (SSSR count). The number of ether oxygens (including phenoxy) is 1. The lowest BCUT2D eigenvalue weighted by atomic mass is 9.99. The minimum absolute atomic E-state index is 0.0496. The van der Waals surface area contributed by atoms with Crippen LogP contribution in [0.15, 0.2) is 35.2 Å². The fourth-order valence-electron chi connectivity index (χ4n) is 3.22. The van der Waals surface area contributed by atoms with Gasteiger partial charge in [-0.3, -0.25) is 9.67 Å². The molecule has 0 radical (unpaired) electrons. The van der Waals surface area contributed by atoms with E-state index in [-0.39, 0.29) is 12.0 Å². The first-order valence-electron chi connectivity index (χ1n) is 8.14. The Labute approximate surface area is 139 Å². The highest BCUT2D eigenvalue weighted by molar-refractivity contribution is 5.58. The zero-order valence-electron chi connectivity index (χ0n) is 13.7. The fourth-order valence-corrected chi connectivity index (χ4v) is 3.22. The number of aryl methyl sites for hydroxylation is 2. The Balaban J connectivity index is 1.66. The third-order valence-electron chi connectivity index (χ3n) is 4.53. The summed E-state index contributed by atoms with van der Waals surface area (Å²) in [6.07, 6.45) is 7.00. The van der Waals surface area contributed by atoms with Gasteiger partial charge in [0.15, 0.2) is 0 Å². The number of hydrogen-bond acceptors (Lipinski definition) is 6. The molecule has 24 heavy (non-hydrogen) atoms. The average Bonchev–Trinajstić information content (AvgIpc) is 3.34. The minimum Gasteiger partial charge on any atom is -0.371 e. The van der Waals surface area contributed by atoms with Crippen LogP contribution in [0.2, 0.25) is 0 Å². The molecule has 0 spiro atoms. The lowest BCUT2D eigenvalue weighted by Gasteiger charge is -2.15. The van der Waals surface area contributed by atoms with Gasteiger partial charge in [-0.1, -0.05) is 12.1 Å². The molecule has 0 unspecified atom stereocenters. The Bertz CT molecular complexity index is 841. The van der Waals surface area contributed by atoms with Crippen molar-refractivity contribution in [1.82, 2.24) is 24.9 Å². The molecule has 0 saturated carbocycles. The summed E-state index contributed by atoms with van der Waals surface area (Å²) in [5.41, 5.74) is 3.10.